The third-order valence-corrected chi connectivity index (χ3v) is 4.35. The number of carbonyl (C=O) groups is 2. The highest BCUT2D eigenvalue weighted by Crippen LogP contribution is 2.18. The van der Waals surface area contributed by atoms with E-state index in [0.717, 1.165) is 25.1 Å². The monoisotopic (exact) mass is 338 g/mol. The fourth-order valence-electron chi connectivity index (χ4n) is 3.02. The van der Waals surface area contributed by atoms with Crippen molar-refractivity contribution in [3.8, 4) is 5.75 Å². The molecule has 1 aromatic carbocycles. The van der Waals surface area contributed by atoms with Gasteiger partial charge in [-0.15, -0.1) is 0 Å². The van der Waals surface area contributed by atoms with Gasteiger partial charge in [0, 0.05) is 37.3 Å². The van der Waals surface area contributed by atoms with E-state index in [1.165, 1.54) is 0 Å². The van der Waals surface area contributed by atoms with E-state index in [9.17, 15) is 9.59 Å². The molecule has 0 saturated carbocycles. The van der Waals surface area contributed by atoms with Crippen molar-refractivity contribution in [2.45, 2.75) is 31.8 Å². The second-order valence-electron chi connectivity index (χ2n) is 6.19. The van der Waals surface area contributed by atoms with Gasteiger partial charge in [0.1, 0.15) is 11.9 Å². The van der Waals surface area contributed by atoms with Crippen molar-refractivity contribution in [3.63, 3.8) is 0 Å². The molecule has 1 atom stereocenters. The molecule has 1 aliphatic rings. The number of aromatic nitrogens is 1. The van der Waals surface area contributed by atoms with Gasteiger partial charge in [0.15, 0.2) is 5.78 Å². The van der Waals surface area contributed by atoms with Crippen molar-refractivity contribution in [2.24, 2.45) is 0 Å². The number of ether oxygens (including phenoxy) is 1. The van der Waals surface area contributed by atoms with Gasteiger partial charge >= 0.3 is 0 Å². The van der Waals surface area contributed by atoms with Crippen molar-refractivity contribution in [1.29, 1.82) is 0 Å². The lowest BCUT2D eigenvalue weighted by Gasteiger charge is -2.33. The van der Waals surface area contributed by atoms with Crippen LogP contribution in [0.4, 0.5) is 0 Å². The summed E-state index contributed by atoms with van der Waals surface area (Å²) in [6, 6.07) is 12.7. The van der Waals surface area contributed by atoms with Crippen LogP contribution in [0.25, 0.3) is 0 Å². The lowest BCUT2D eigenvalue weighted by atomic mass is 10.0. The van der Waals surface area contributed by atoms with Gasteiger partial charge < -0.3 is 9.64 Å². The van der Waals surface area contributed by atoms with Crippen LogP contribution in [0.3, 0.4) is 0 Å². The summed E-state index contributed by atoms with van der Waals surface area (Å²) in [5.74, 6) is 0.802. The van der Waals surface area contributed by atoms with E-state index in [1.54, 1.807) is 24.5 Å². The molecule has 1 aromatic heterocycles. The molecular weight excluding hydrogens is 316 g/mol. The van der Waals surface area contributed by atoms with E-state index in [4.69, 9.17) is 4.74 Å². The average Bonchev–Trinajstić information content (AvgIpc) is 2.67. The maximum Gasteiger partial charge on any atom is 0.223 e. The summed E-state index contributed by atoms with van der Waals surface area (Å²) >= 11 is 0. The van der Waals surface area contributed by atoms with Gasteiger partial charge in [0.25, 0.3) is 0 Å². The Labute approximate surface area is 147 Å². The first-order valence-corrected chi connectivity index (χ1v) is 8.65. The normalized spacial score (nSPS) is 17.1. The first kappa shape index (κ1) is 17.1. The smallest absolute Gasteiger partial charge is 0.223 e. The summed E-state index contributed by atoms with van der Waals surface area (Å²) in [5.41, 5.74) is 0.660. The van der Waals surface area contributed by atoms with Gasteiger partial charge in [-0.25, -0.2) is 0 Å². The minimum absolute atomic E-state index is 0.00933. The lowest BCUT2D eigenvalue weighted by Crippen LogP contribution is -2.44. The van der Waals surface area contributed by atoms with Crippen LogP contribution in [0.2, 0.25) is 0 Å². The van der Waals surface area contributed by atoms with E-state index in [-0.39, 0.29) is 30.6 Å². The Kier molecular flexibility index (Phi) is 5.77. The van der Waals surface area contributed by atoms with E-state index in [0.29, 0.717) is 12.1 Å². The minimum atomic E-state index is -0.00933. The molecule has 5 nitrogen and oxygen atoms in total. The highest BCUT2D eigenvalue weighted by atomic mass is 16.5. The third-order valence-electron chi connectivity index (χ3n) is 4.35. The van der Waals surface area contributed by atoms with E-state index >= 15 is 0 Å². The third kappa shape index (κ3) is 4.89. The maximum atomic E-state index is 12.4. The molecule has 0 bridgehead atoms. The van der Waals surface area contributed by atoms with Crippen LogP contribution in [0.15, 0.2) is 54.9 Å². The molecule has 0 spiro atoms. The predicted molar refractivity (Wildman–Crippen MR) is 94.5 cm³/mol. The molecule has 1 saturated heterocycles. The number of hydrogen-bond acceptors (Lipinski definition) is 4. The highest BCUT2D eigenvalue weighted by molar-refractivity contribution is 5.97. The van der Waals surface area contributed by atoms with Gasteiger partial charge in [0.2, 0.25) is 5.91 Å². The molecular formula is C20H22N2O3. The Bertz CT molecular complexity index is 703. The Hall–Kier alpha value is -2.69. The van der Waals surface area contributed by atoms with Gasteiger partial charge in [-0.2, -0.15) is 0 Å². The molecule has 0 aliphatic carbocycles. The van der Waals surface area contributed by atoms with Crippen LogP contribution < -0.4 is 4.74 Å². The zero-order valence-electron chi connectivity index (χ0n) is 14.1. The number of carbonyl (C=O) groups excluding carboxylic acids is 2. The van der Waals surface area contributed by atoms with Gasteiger partial charge in [0.05, 0.1) is 6.54 Å². The summed E-state index contributed by atoms with van der Waals surface area (Å²) < 4.78 is 5.93. The molecule has 25 heavy (non-hydrogen) atoms. The summed E-state index contributed by atoms with van der Waals surface area (Å²) in [4.78, 5) is 30.4. The predicted octanol–water partition coefficient (Wildman–Crippen LogP) is 3.11. The number of likely N-dealkylation sites (tertiary alicyclic amines) is 1. The van der Waals surface area contributed by atoms with Crippen LogP contribution in [-0.4, -0.2) is 40.8 Å². The first-order valence-electron chi connectivity index (χ1n) is 8.65. The molecule has 2 heterocycles. The number of rotatable bonds is 6. The van der Waals surface area contributed by atoms with Gasteiger partial charge in [-0.1, -0.05) is 30.3 Å². The number of benzene rings is 1. The van der Waals surface area contributed by atoms with Crippen LogP contribution in [0, 0.1) is 0 Å². The number of pyridine rings is 1. The number of nitrogens with zero attached hydrogens (tertiary/aromatic N) is 2. The van der Waals surface area contributed by atoms with Crippen LogP contribution >= 0.6 is 0 Å². The number of Topliss-reactive ketones (excluding diaryl/α,β-unsaturated/α-hetero) is 1. The first-order chi connectivity index (χ1) is 12.2. The summed E-state index contributed by atoms with van der Waals surface area (Å²) in [7, 11) is 0. The van der Waals surface area contributed by atoms with Crippen molar-refractivity contribution >= 4 is 11.7 Å². The number of hydrogen-bond donors (Lipinski definition) is 0. The molecule has 1 amide bonds. The summed E-state index contributed by atoms with van der Waals surface area (Å²) in [6.45, 7) is 1.30. The molecule has 0 radical (unpaired) electrons. The fraction of sp³-hybridized carbons (Fsp3) is 0.350. The molecule has 130 valence electrons. The fourth-order valence-corrected chi connectivity index (χ4v) is 3.02. The second kappa shape index (κ2) is 8.42. The Morgan fingerprint density at radius 1 is 1.08 bits per heavy atom. The van der Waals surface area contributed by atoms with E-state index in [2.05, 4.69) is 4.98 Å². The molecule has 1 aliphatic heterocycles. The van der Waals surface area contributed by atoms with Gasteiger partial charge in [-0.3, -0.25) is 14.6 Å². The summed E-state index contributed by atoms with van der Waals surface area (Å²) in [5, 5.41) is 0. The number of ketones is 1. The molecule has 2 aromatic rings. The molecule has 5 heteroatoms. The van der Waals surface area contributed by atoms with E-state index in [1.807, 2.05) is 35.2 Å². The van der Waals surface area contributed by atoms with E-state index < -0.39 is 0 Å². The Balaban J connectivity index is 1.49. The van der Waals surface area contributed by atoms with Crippen LogP contribution in [0.5, 0.6) is 5.75 Å². The Morgan fingerprint density at radius 2 is 1.84 bits per heavy atom. The second-order valence-corrected chi connectivity index (χ2v) is 6.19. The zero-order valence-corrected chi connectivity index (χ0v) is 14.1. The number of amides is 1. The van der Waals surface area contributed by atoms with Crippen molar-refractivity contribution in [3.05, 3.63) is 60.4 Å². The van der Waals surface area contributed by atoms with Crippen LogP contribution in [0.1, 0.15) is 36.0 Å². The minimum Gasteiger partial charge on any atom is -0.488 e. The quantitative estimate of drug-likeness (QED) is 0.759. The molecule has 0 N–H and O–H groups in total. The highest BCUT2D eigenvalue weighted by Gasteiger charge is 2.25. The van der Waals surface area contributed by atoms with Crippen molar-refractivity contribution < 1.29 is 14.3 Å². The lowest BCUT2D eigenvalue weighted by molar-refractivity contribution is -0.133. The summed E-state index contributed by atoms with van der Waals surface area (Å²) in [6.07, 6.45) is 5.70. The maximum absolute atomic E-state index is 12.4. The molecule has 1 fully saturated rings. The van der Waals surface area contributed by atoms with Gasteiger partial charge in [-0.05, 0) is 25.0 Å². The Morgan fingerprint density at radius 3 is 2.60 bits per heavy atom. The molecule has 3 rings (SSSR count). The zero-order chi connectivity index (χ0) is 17.5. The molecule has 1 unspecified atom stereocenters. The van der Waals surface area contributed by atoms with Crippen molar-refractivity contribution in [1.82, 2.24) is 9.88 Å². The topological polar surface area (TPSA) is 59.5 Å². The van der Waals surface area contributed by atoms with Crippen molar-refractivity contribution in [2.75, 3.05) is 13.1 Å². The van der Waals surface area contributed by atoms with Crippen LogP contribution in [-0.2, 0) is 4.79 Å². The average molecular weight is 338 g/mol. The standard InChI is InChI=1S/C20H22N2O3/c23-19(16-5-2-1-3-6-16)8-9-20(24)22-14-4-7-18(15-22)25-17-10-12-21-13-11-17/h1-3,5-6,10-13,18H,4,7-9,14-15H2. The SMILES string of the molecule is O=C(CCC(=O)N1CCCC(Oc2ccncc2)C1)c1ccccc1. The number of piperidine rings is 1. The largest absolute Gasteiger partial charge is 0.488 e.